The minimum absolute atomic E-state index is 0.00881. The van der Waals surface area contributed by atoms with Gasteiger partial charge in [-0.2, -0.15) is 0 Å². The van der Waals surface area contributed by atoms with E-state index in [1.165, 1.54) is 6.92 Å². The fourth-order valence-corrected chi connectivity index (χ4v) is 2.46. The lowest BCUT2D eigenvalue weighted by atomic mass is 10.1. The van der Waals surface area contributed by atoms with Crippen molar-refractivity contribution in [2.75, 3.05) is 5.32 Å². The van der Waals surface area contributed by atoms with Crippen LogP contribution < -0.4 is 5.32 Å². The molecule has 0 spiro atoms. The van der Waals surface area contributed by atoms with Crippen molar-refractivity contribution in [3.05, 3.63) is 29.8 Å². The highest BCUT2D eigenvalue weighted by Crippen LogP contribution is 2.46. The molecule has 1 saturated carbocycles. The van der Waals surface area contributed by atoms with Gasteiger partial charge in [0.25, 0.3) is 0 Å². The third kappa shape index (κ3) is 3.70. The maximum atomic E-state index is 12.0. The van der Waals surface area contributed by atoms with Crippen LogP contribution in [-0.2, 0) is 20.9 Å². The second-order valence-electron chi connectivity index (χ2n) is 6.28. The van der Waals surface area contributed by atoms with Crippen LogP contribution in [0.5, 0.6) is 0 Å². The van der Waals surface area contributed by atoms with Gasteiger partial charge in [0.05, 0.1) is 0 Å². The number of hydrogen-bond donors (Lipinski definition) is 2. The van der Waals surface area contributed by atoms with E-state index in [1.807, 2.05) is 26.0 Å². The Balaban J connectivity index is 2.01. The topological polar surface area (TPSA) is 86.7 Å². The number of nitrogens with zero attached hydrogens (tertiary/aromatic N) is 1. The molecular formula is C17H22N2O4. The summed E-state index contributed by atoms with van der Waals surface area (Å²) in [5.41, 5.74) is 0.262. The normalized spacial score (nSPS) is 15.1. The fourth-order valence-electron chi connectivity index (χ4n) is 2.46. The van der Waals surface area contributed by atoms with Crippen molar-refractivity contribution < 1.29 is 19.5 Å². The first kappa shape index (κ1) is 17.0. The highest BCUT2D eigenvalue weighted by Gasteiger charge is 2.57. The van der Waals surface area contributed by atoms with Gasteiger partial charge in [0.1, 0.15) is 5.41 Å². The standard InChI is InChI=1S/C17H22N2O4/c1-11(2)19(12(3)20)10-13-4-6-14(7-5-13)18-15(21)17(8-9-17)16(22)23/h4-7,11H,8-10H2,1-3H3,(H,18,21)(H,22,23). The number of anilines is 1. The van der Waals surface area contributed by atoms with Gasteiger partial charge in [-0.15, -0.1) is 0 Å². The first-order chi connectivity index (χ1) is 10.8. The number of carboxylic acid groups (broad SMARTS) is 1. The molecule has 0 aliphatic heterocycles. The van der Waals surface area contributed by atoms with E-state index in [9.17, 15) is 14.4 Å². The molecule has 0 aromatic heterocycles. The minimum Gasteiger partial charge on any atom is -0.480 e. The zero-order valence-corrected chi connectivity index (χ0v) is 13.6. The molecule has 2 amide bonds. The number of benzene rings is 1. The van der Waals surface area contributed by atoms with Gasteiger partial charge in [-0.25, -0.2) is 0 Å². The lowest BCUT2D eigenvalue weighted by Gasteiger charge is -2.25. The average Bonchev–Trinajstić information content (AvgIpc) is 3.27. The second kappa shape index (κ2) is 6.40. The van der Waals surface area contributed by atoms with Gasteiger partial charge in [0.2, 0.25) is 11.8 Å². The Morgan fingerprint density at radius 2 is 1.78 bits per heavy atom. The van der Waals surface area contributed by atoms with Crippen LogP contribution in [0.4, 0.5) is 5.69 Å². The SMILES string of the molecule is CC(=O)N(Cc1ccc(NC(=O)C2(C(=O)O)CC2)cc1)C(C)C. The minimum atomic E-state index is -1.25. The molecule has 0 saturated heterocycles. The van der Waals surface area contributed by atoms with Crippen LogP contribution in [0.1, 0.15) is 39.2 Å². The monoisotopic (exact) mass is 318 g/mol. The lowest BCUT2D eigenvalue weighted by Crippen LogP contribution is -2.34. The molecule has 1 aromatic carbocycles. The molecule has 6 heteroatoms. The van der Waals surface area contributed by atoms with Gasteiger partial charge in [-0.1, -0.05) is 12.1 Å². The molecular weight excluding hydrogens is 296 g/mol. The van der Waals surface area contributed by atoms with Crippen LogP contribution in [-0.4, -0.2) is 33.8 Å². The number of nitrogens with one attached hydrogen (secondary N) is 1. The van der Waals surface area contributed by atoms with Crippen LogP contribution in [0.25, 0.3) is 0 Å². The van der Waals surface area contributed by atoms with Gasteiger partial charge in [-0.05, 0) is 44.4 Å². The predicted molar refractivity (Wildman–Crippen MR) is 85.7 cm³/mol. The van der Waals surface area contributed by atoms with Crippen LogP contribution in [0.15, 0.2) is 24.3 Å². The van der Waals surface area contributed by atoms with E-state index in [1.54, 1.807) is 17.0 Å². The highest BCUT2D eigenvalue weighted by molar-refractivity contribution is 6.10. The molecule has 6 nitrogen and oxygen atoms in total. The largest absolute Gasteiger partial charge is 0.480 e. The van der Waals surface area contributed by atoms with E-state index >= 15 is 0 Å². The Kier molecular flexibility index (Phi) is 4.73. The second-order valence-corrected chi connectivity index (χ2v) is 6.28. The fraction of sp³-hybridized carbons (Fsp3) is 0.471. The summed E-state index contributed by atoms with van der Waals surface area (Å²) in [5, 5.41) is 11.8. The molecule has 0 atom stereocenters. The Labute approximate surface area is 135 Å². The number of aliphatic carboxylic acids is 1. The summed E-state index contributed by atoms with van der Waals surface area (Å²) in [6.45, 7) is 5.95. The average molecular weight is 318 g/mol. The van der Waals surface area contributed by atoms with Gasteiger partial charge in [-0.3, -0.25) is 14.4 Å². The summed E-state index contributed by atoms with van der Waals surface area (Å²) in [4.78, 5) is 36.5. The predicted octanol–water partition coefficient (Wildman–Crippen LogP) is 2.25. The molecule has 0 unspecified atom stereocenters. The molecule has 0 bridgehead atoms. The Morgan fingerprint density at radius 1 is 1.22 bits per heavy atom. The summed E-state index contributed by atoms with van der Waals surface area (Å²) < 4.78 is 0. The smallest absolute Gasteiger partial charge is 0.319 e. The van der Waals surface area contributed by atoms with Crippen LogP contribution in [0.3, 0.4) is 0 Å². The molecule has 0 heterocycles. The van der Waals surface area contributed by atoms with E-state index < -0.39 is 17.3 Å². The van der Waals surface area contributed by atoms with Gasteiger partial charge in [0.15, 0.2) is 0 Å². The number of carboxylic acids is 1. The number of rotatable bonds is 6. The molecule has 23 heavy (non-hydrogen) atoms. The maximum absolute atomic E-state index is 12.0. The van der Waals surface area contributed by atoms with Crippen molar-refractivity contribution in [3.8, 4) is 0 Å². The summed E-state index contributed by atoms with van der Waals surface area (Å²) in [6.07, 6.45) is 0.766. The molecule has 1 aliphatic carbocycles. The third-order valence-corrected chi connectivity index (χ3v) is 4.19. The van der Waals surface area contributed by atoms with Crippen molar-refractivity contribution in [3.63, 3.8) is 0 Å². The zero-order valence-electron chi connectivity index (χ0n) is 13.6. The summed E-state index contributed by atoms with van der Waals surface area (Å²) in [5.74, 6) is -1.53. The maximum Gasteiger partial charge on any atom is 0.319 e. The quantitative estimate of drug-likeness (QED) is 0.788. The van der Waals surface area contributed by atoms with Gasteiger partial charge >= 0.3 is 5.97 Å². The third-order valence-electron chi connectivity index (χ3n) is 4.19. The number of hydrogen-bond acceptors (Lipinski definition) is 3. The Morgan fingerprint density at radius 3 is 2.17 bits per heavy atom. The van der Waals surface area contributed by atoms with Crippen molar-refractivity contribution in [2.45, 2.75) is 46.2 Å². The molecule has 124 valence electrons. The molecule has 0 radical (unpaired) electrons. The van der Waals surface area contributed by atoms with Crippen molar-refractivity contribution in [1.82, 2.24) is 4.90 Å². The highest BCUT2D eigenvalue weighted by atomic mass is 16.4. The van der Waals surface area contributed by atoms with Gasteiger partial charge < -0.3 is 15.3 Å². The van der Waals surface area contributed by atoms with E-state index in [0.717, 1.165) is 5.56 Å². The van der Waals surface area contributed by atoms with Gasteiger partial charge in [0, 0.05) is 25.2 Å². The molecule has 1 aliphatic rings. The van der Waals surface area contributed by atoms with E-state index in [4.69, 9.17) is 5.11 Å². The van der Waals surface area contributed by atoms with E-state index in [0.29, 0.717) is 25.1 Å². The number of carbonyl (C=O) groups is 3. The van der Waals surface area contributed by atoms with E-state index in [-0.39, 0.29) is 11.9 Å². The number of amides is 2. The van der Waals surface area contributed by atoms with Crippen molar-refractivity contribution in [1.29, 1.82) is 0 Å². The van der Waals surface area contributed by atoms with Crippen molar-refractivity contribution >= 4 is 23.5 Å². The van der Waals surface area contributed by atoms with Crippen LogP contribution >= 0.6 is 0 Å². The van der Waals surface area contributed by atoms with Crippen molar-refractivity contribution in [2.24, 2.45) is 5.41 Å². The first-order valence-electron chi connectivity index (χ1n) is 7.67. The first-order valence-corrected chi connectivity index (χ1v) is 7.67. The number of carbonyl (C=O) groups excluding carboxylic acids is 2. The zero-order chi connectivity index (χ0) is 17.2. The Bertz CT molecular complexity index is 618. The van der Waals surface area contributed by atoms with Crippen LogP contribution in [0.2, 0.25) is 0 Å². The molecule has 1 aromatic rings. The van der Waals surface area contributed by atoms with E-state index in [2.05, 4.69) is 5.32 Å². The van der Waals surface area contributed by atoms with Crippen LogP contribution in [0, 0.1) is 5.41 Å². The summed E-state index contributed by atoms with van der Waals surface area (Å²) >= 11 is 0. The summed E-state index contributed by atoms with van der Waals surface area (Å²) in [7, 11) is 0. The molecule has 2 N–H and O–H groups in total. The Hall–Kier alpha value is -2.37. The molecule has 2 rings (SSSR count). The lowest BCUT2D eigenvalue weighted by molar-refractivity contribution is -0.147. The molecule has 1 fully saturated rings. The summed E-state index contributed by atoms with van der Waals surface area (Å²) in [6, 6.07) is 7.22.